The first-order chi connectivity index (χ1) is 12.5. The van der Waals surface area contributed by atoms with E-state index in [4.69, 9.17) is 0 Å². The Morgan fingerprint density at radius 2 is 1.85 bits per heavy atom. The van der Waals surface area contributed by atoms with Crippen LogP contribution in [0, 0.1) is 5.92 Å². The summed E-state index contributed by atoms with van der Waals surface area (Å²) in [6, 6.07) is 7.40. The molecular formula is C18H17N5O2S. The van der Waals surface area contributed by atoms with Crippen molar-refractivity contribution < 1.29 is 9.59 Å². The normalized spacial score (nSPS) is 10.6. The van der Waals surface area contributed by atoms with Crippen LogP contribution >= 0.6 is 11.3 Å². The minimum atomic E-state index is -0.356. The van der Waals surface area contributed by atoms with Gasteiger partial charge in [-0.05, 0) is 12.1 Å². The van der Waals surface area contributed by atoms with Gasteiger partial charge in [0.2, 0.25) is 5.91 Å². The van der Waals surface area contributed by atoms with Gasteiger partial charge in [0.25, 0.3) is 5.91 Å². The van der Waals surface area contributed by atoms with Crippen LogP contribution in [0.25, 0.3) is 11.3 Å². The molecule has 2 aromatic heterocycles. The van der Waals surface area contributed by atoms with Crippen LogP contribution < -0.4 is 10.6 Å². The van der Waals surface area contributed by atoms with Crippen molar-refractivity contribution in [3.05, 3.63) is 53.9 Å². The fourth-order valence-corrected chi connectivity index (χ4v) is 2.77. The van der Waals surface area contributed by atoms with Gasteiger partial charge in [-0.25, -0.2) is 9.97 Å². The monoisotopic (exact) mass is 367 g/mol. The van der Waals surface area contributed by atoms with Gasteiger partial charge in [0.05, 0.1) is 11.9 Å². The van der Waals surface area contributed by atoms with Gasteiger partial charge in [-0.15, -0.1) is 11.3 Å². The fraction of sp³-hybridized carbons (Fsp3) is 0.167. The van der Waals surface area contributed by atoms with Crippen LogP contribution in [0.4, 0.5) is 10.8 Å². The van der Waals surface area contributed by atoms with Gasteiger partial charge in [-0.3, -0.25) is 19.9 Å². The van der Waals surface area contributed by atoms with E-state index in [0.29, 0.717) is 5.13 Å². The molecule has 2 N–H and O–H groups in total. The smallest absolute Gasteiger partial charge is 0.277 e. The molecule has 132 valence electrons. The fourth-order valence-electron chi connectivity index (χ4n) is 2.05. The number of benzene rings is 1. The van der Waals surface area contributed by atoms with Crippen molar-refractivity contribution in [2.75, 3.05) is 10.6 Å². The second-order valence-corrected chi connectivity index (χ2v) is 6.66. The summed E-state index contributed by atoms with van der Waals surface area (Å²) in [5.74, 6) is -0.458. The molecule has 8 heteroatoms. The lowest BCUT2D eigenvalue weighted by Gasteiger charge is -2.07. The summed E-state index contributed by atoms with van der Waals surface area (Å²) in [6.07, 6.45) is 4.36. The lowest BCUT2D eigenvalue weighted by atomic mass is 10.1. The molecule has 0 saturated carbocycles. The number of nitrogens with one attached hydrogen (secondary N) is 2. The van der Waals surface area contributed by atoms with Crippen molar-refractivity contribution in [1.29, 1.82) is 0 Å². The second kappa shape index (κ2) is 7.83. The van der Waals surface area contributed by atoms with Crippen molar-refractivity contribution in [3.8, 4) is 11.3 Å². The highest BCUT2D eigenvalue weighted by Crippen LogP contribution is 2.26. The number of aromatic nitrogens is 3. The lowest BCUT2D eigenvalue weighted by Crippen LogP contribution is -2.17. The minimum absolute atomic E-state index is 0.0274. The van der Waals surface area contributed by atoms with Crippen LogP contribution in [-0.2, 0) is 4.79 Å². The Hall–Kier alpha value is -3.13. The number of thiazole rings is 1. The summed E-state index contributed by atoms with van der Waals surface area (Å²) in [4.78, 5) is 36.0. The Kier molecular flexibility index (Phi) is 5.33. The number of nitrogens with zero attached hydrogens (tertiary/aromatic N) is 3. The van der Waals surface area contributed by atoms with Crippen LogP contribution in [0.5, 0.6) is 0 Å². The maximum atomic E-state index is 12.1. The third-order valence-corrected chi connectivity index (χ3v) is 4.25. The first-order valence-corrected chi connectivity index (χ1v) is 8.85. The van der Waals surface area contributed by atoms with E-state index in [1.165, 1.54) is 29.9 Å². The van der Waals surface area contributed by atoms with Crippen LogP contribution in [0.3, 0.4) is 0 Å². The zero-order valence-corrected chi connectivity index (χ0v) is 15.1. The molecule has 3 rings (SSSR count). The maximum absolute atomic E-state index is 12.1. The summed E-state index contributed by atoms with van der Waals surface area (Å²) in [5, 5.41) is 7.88. The first-order valence-electron chi connectivity index (χ1n) is 7.97. The predicted octanol–water partition coefficient (Wildman–Crippen LogP) is 3.45. The molecule has 1 aromatic carbocycles. The average molecular weight is 367 g/mol. The SMILES string of the molecule is CC(C)C(=O)Nc1ccc(-c2csc(NC(=O)c3cnccn3)n2)cc1. The Balaban J connectivity index is 1.68. The summed E-state index contributed by atoms with van der Waals surface area (Å²) in [7, 11) is 0. The van der Waals surface area contributed by atoms with Crippen LogP contribution in [0.15, 0.2) is 48.2 Å². The van der Waals surface area contributed by atoms with Gasteiger partial charge in [-0.1, -0.05) is 26.0 Å². The molecule has 0 aliphatic heterocycles. The highest BCUT2D eigenvalue weighted by molar-refractivity contribution is 7.14. The van der Waals surface area contributed by atoms with Crippen molar-refractivity contribution in [1.82, 2.24) is 15.0 Å². The van der Waals surface area contributed by atoms with Gasteiger partial charge in [-0.2, -0.15) is 0 Å². The van der Waals surface area contributed by atoms with E-state index in [0.717, 1.165) is 16.9 Å². The number of anilines is 2. The Morgan fingerprint density at radius 3 is 2.50 bits per heavy atom. The molecule has 3 aromatic rings. The molecule has 7 nitrogen and oxygen atoms in total. The highest BCUT2D eigenvalue weighted by Gasteiger charge is 2.11. The molecule has 0 aliphatic carbocycles. The third-order valence-electron chi connectivity index (χ3n) is 3.49. The van der Waals surface area contributed by atoms with Crippen LogP contribution in [-0.4, -0.2) is 26.8 Å². The van der Waals surface area contributed by atoms with E-state index in [2.05, 4.69) is 25.6 Å². The summed E-state index contributed by atoms with van der Waals surface area (Å²) >= 11 is 1.33. The molecule has 0 unspecified atom stereocenters. The summed E-state index contributed by atoms with van der Waals surface area (Å²) in [5.41, 5.74) is 2.60. The second-order valence-electron chi connectivity index (χ2n) is 5.80. The van der Waals surface area contributed by atoms with Crippen molar-refractivity contribution in [3.63, 3.8) is 0 Å². The van der Waals surface area contributed by atoms with E-state index < -0.39 is 0 Å². The third kappa shape index (κ3) is 4.28. The zero-order chi connectivity index (χ0) is 18.5. The first kappa shape index (κ1) is 17.7. The number of hydrogen-bond donors (Lipinski definition) is 2. The zero-order valence-electron chi connectivity index (χ0n) is 14.3. The molecule has 0 atom stereocenters. The Labute approximate surface area is 154 Å². The van der Waals surface area contributed by atoms with E-state index in [9.17, 15) is 9.59 Å². The summed E-state index contributed by atoms with van der Waals surface area (Å²) < 4.78 is 0. The topological polar surface area (TPSA) is 96.9 Å². The number of carbonyl (C=O) groups is 2. The molecular weight excluding hydrogens is 350 g/mol. The standard InChI is InChI=1S/C18H17N5O2S/c1-11(2)16(24)21-13-5-3-12(4-6-13)15-10-26-18(22-15)23-17(25)14-9-19-7-8-20-14/h3-11H,1-2H3,(H,21,24)(H,22,23,25). The van der Waals surface area contributed by atoms with Gasteiger partial charge >= 0.3 is 0 Å². The van der Waals surface area contributed by atoms with Gasteiger partial charge in [0.15, 0.2) is 5.13 Å². The Morgan fingerprint density at radius 1 is 1.08 bits per heavy atom. The van der Waals surface area contributed by atoms with Gasteiger partial charge in [0.1, 0.15) is 5.69 Å². The van der Waals surface area contributed by atoms with Crippen molar-refractivity contribution >= 4 is 34.0 Å². The molecule has 26 heavy (non-hydrogen) atoms. The molecule has 2 amide bonds. The minimum Gasteiger partial charge on any atom is -0.326 e. The number of rotatable bonds is 5. The van der Waals surface area contributed by atoms with Crippen molar-refractivity contribution in [2.24, 2.45) is 5.92 Å². The van der Waals surface area contributed by atoms with Gasteiger partial charge in [0, 0.05) is 34.9 Å². The molecule has 0 aliphatic rings. The van der Waals surface area contributed by atoms with E-state index in [-0.39, 0.29) is 23.4 Å². The summed E-state index contributed by atoms with van der Waals surface area (Å²) in [6.45, 7) is 3.69. The number of hydrogen-bond acceptors (Lipinski definition) is 6. The quantitative estimate of drug-likeness (QED) is 0.720. The molecule has 0 bridgehead atoms. The molecule has 0 radical (unpaired) electrons. The maximum Gasteiger partial charge on any atom is 0.277 e. The average Bonchev–Trinajstić information content (AvgIpc) is 3.11. The van der Waals surface area contributed by atoms with Crippen molar-refractivity contribution in [2.45, 2.75) is 13.8 Å². The molecule has 2 heterocycles. The number of amides is 2. The van der Waals surface area contributed by atoms with Crippen LogP contribution in [0.2, 0.25) is 0 Å². The molecule has 0 saturated heterocycles. The van der Waals surface area contributed by atoms with E-state index in [1.54, 1.807) is 0 Å². The van der Waals surface area contributed by atoms with Gasteiger partial charge < -0.3 is 5.32 Å². The largest absolute Gasteiger partial charge is 0.326 e. The molecule has 0 fully saturated rings. The van der Waals surface area contributed by atoms with E-state index in [1.807, 2.05) is 43.5 Å². The Bertz CT molecular complexity index is 907. The van der Waals surface area contributed by atoms with E-state index >= 15 is 0 Å². The lowest BCUT2D eigenvalue weighted by molar-refractivity contribution is -0.118. The predicted molar refractivity (Wildman–Crippen MR) is 101 cm³/mol. The van der Waals surface area contributed by atoms with Crippen LogP contribution in [0.1, 0.15) is 24.3 Å². The molecule has 0 spiro atoms. The number of carbonyl (C=O) groups excluding carboxylic acids is 2. The highest BCUT2D eigenvalue weighted by atomic mass is 32.1.